The quantitative estimate of drug-likeness (QED) is 0.0990. The smallest absolute Gasteiger partial charge is 0.269 e. The van der Waals surface area contributed by atoms with Gasteiger partial charge in [-0.3, -0.25) is 19.7 Å². The average Bonchev–Trinajstić information content (AvgIpc) is 3.44. The van der Waals surface area contributed by atoms with E-state index < -0.39 is 48.4 Å². The monoisotopic (exact) mass is 663 g/mol. The van der Waals surface area contributed by atoms with Gasteiger partial charge in [-0.2, -0.15) is 0 Å². The molecule has 0 radical (unpaired) electrons. The van der Waals surface area contributed by atoms with E-state index in [9.17, 15) is 24.8 Å². The molecule has 1 saturated heterocycles. The van der Waals surface area contributed by atoms with E-state index in [1.807, 2.05) is 51.1 Å². The maximum atomic E-state index is 16.3. The summed E-state index contributed by atoms with van der Waals surface area (Å²) in [4.78, 5) is 43.2. The summed E-state index contributed by atoms with van der Waals surface area (Å²) < 4.78 is 23.1. The Hall–Kier alpha value is -3.67. The van der Waals surface area contributed by atoms with E-state index in [1.54, 1.807) is 35.9 Å². The highest BCUT2D eigenvalue weighted by molar-refractivity contribution is 6.72. The molecular weight excluding hydrogens is 617 g/mol. The Balaban J connectivity index is 1.50. The lowest BCUT2D eigenvalue weighted by Crippen LogP contribution is -2.48. The number of hydrogen-bond donors (Lipinski definition) is 1. The number of rotatable bonds is 10. The van der Waals surface area contributed by atoms with Crippen molar-refractivity contribution < 1.29 is 28.5 Å². The molecule has 5 rings (SSSR count). The number of non-ortho nitro benzene ring substituents is 1. The van der Waals surface area contributed by atoms with Crippen molar-refractivity contribution in [2.45, 2.75) is 96.3 Å². The molecule has 0 aliphatic carbocycles. The van der Waals surface area contributed by atoms with Crippen molar-refractivity contribution in [1.82, 2.24) is 4.90 Å². The number of halogens is 1. The third-order valence-corrected chi connectivity index (χ3v) is 12.6. The van der Waals surface area contributed by atoms with Crippen LogP contribution in [0.2, 0.25) is 18.6 Å². The first-order valence-corrected chi connectivity index (χ1v) is 19.4. The Morgan fingerprint density at radius 1 is 1.17 bits per heavy atom. The molecule has 9 nitrogen and oxygen atoms in total. The molecule has 0 aromatic heterocycles. The zero-order chi connectivity index (χ0) is 34.3. The lowest BCUT2D eigenvalue weighted by Gasteiger charge is -2.37. The third kappa shape index (κ3) is 6.57. The van der Waals surface area contributed by atoms with Gasteiger partial charge in [0, 0.05) is 42.2 Å². The summed E-state index contributed by atoms with van der Waals surface area (Å²) in [5.41, 5.74) is 2.63. The Labute approximate surface area is 277 Å². The lowest BCUT2D eigenvalue weighted by molar-refractivity contribution is -0.385. The molecule has 1 fully saturated rings. The van der Waals surface area contributed by atoms with Crippen LogP contribution >= 0.6 is 0 Å². The van der Waals surface area contributed by atoms with Gasteiger partial charge in [0.2, 0.25) is 14.3 Å². The summed E-state index contributed by atoms with van der Waals surface area (Å²) in [6.07, 6.45) is 5.24. The second-order valence-electron chi connectivity index (χ2n) is 14.1. The molecule has 3 heterocycles. The Morgan fingerprint density at radius 2 is 1.87 bits per heavy atom. The van der Waals surface area contributed by atoms with Crippen LogP contribution in [0.15, 0.2) is 65.8 Å². The number of nitro benzene ring substituents is 1. The SMILES string of the molecule is CC(C)=CCC/C(C)=C/CN1C(=O)[C@@]2(O[C@@H](CC(=O)N3Cc4ccccc4C[C@H]3CO)[C@H]([Si](C)(C)F)[C@H]2C)c2cc([N+](=O)[O-])ccc21. The van der Waals surface area contributed by atoms with E-state index in [4.69, 9.17) is 4.74 Å². The molecule has 252 valence electrons. The van der Waals surface area contributed by atoms with Crippen LogP contribution in [0.4, 0.5) is 15.5 Å². The molecule has 0 bridgehead atoms. The maximum Gasteiger partial charge on any atom is 0.269 e. The van der Waals surface area contributed by atoms with E-state index in [0.717, 1.165) is 29.5 Å². The highest BCUT2D eigenvalue weighted by Gasteiger charge is 2.67. The fraction of sp³-hybridized carbons (Fsp3) is 0.500. The van der Waals surface area contributed by atoms with Gasteiger partial charge < -0.3 is 23.8 Å². The highest BCUT2D eigenvalue weighted by Crippen LogP contribution is 2.60. The third-order valence-electron chi connectivity index (χ3n) is 10.1. The van der Waals surface area contributed by atoms with Gasteiger partial charge in [-0.25, -0.2) is 0 Å². The normalized spacial score (nSPS) is 25.6. The van der Waals surface area contributed by atoms with E-state index >= 15 is 4.11 Å². The minimum Gasteiger partial charge on any atom is -0.394 e. The van der Waals surface area contributed by atoms with Gasteiger partial charge in [0.15, 0.2) is 5.60 Å². The van der Waals surface area contributed by atoms with Crippen LogP contribution in [0, 0.1) is 16.0 Å². The molecule has 47 heavy (non-hydrogen) atoms. The summed E-state index contributed by atoms with van der Waals surface area (Å²) in [6, 6.07) is 11.7. The summed E-state index contributed by atoms with van der Waals surface area (Å²) in [7, 11) is -3.58. The predicted octanol–water partition coefficient (Wildman–Crippen LogP) is 6.75. The number of aliphatic hydroxyl groups excluding tert-OH is 1. The van der Waals surface area contributed by atoms with E-state index in [1.165, 1.54) is 17.7 Å². The summed E-state index contributed by atoms with van der Waals surface area (Å²) >= 11 is 0. The number of hydrogen-bond acceptors (Lipinski definition) is 6. The van der Waals surface area contributed by atoms with Crippen molar-refractivity contribution in [2.24, 2.45) is 5.92 Å². The van der Waals surface area contributed by atoms with Crippen molar-refractivity contribution in [3.8, 4) is 0 Å². The van der Waals surface area contributed by atoms with E-state index in [2.05, 4.69) is 6.08 Å². The number of anilines is 1. The zero-order valence-electron chi connectivity index (χ0n) is 28.2. The van der Waals surface area contributed by atoms with Gasteiger partial charge in [0.05, 0.1) is 35.8 Å². The number of benzene rings is 2. The second-order valence-corrected chi connectivity index (χ2v) is 17.8. The first kappa shape index (κ1) is 34.7. The Kier molecular flexibility index (Phi) is 9.91. The molecule has 2 aromatic carbocycles. The van der Waals surface area contributed by atoms with Crippen molar-refractivity contribution in [1.29, 1.82) is 0 Å². The van der Waals surface area contributed by atoms with Crippen LogP contribution in [-0.4, -0.2) is 60.4 Å². The molecule has 0 unspecified atom stereocenters. The van der Waals surface area contributed by atoms with Crippen LogP contribution < -0.4 is 4.90 Å². The largest absolute Gasteiger partial charge is 0.394 e. The molecule has 0 saturated carbocycles. The summed E-state index contributed by atoms with van der Waals surface area (Å²) in [5.74, 6) is -1.37. The van der Waals surface area contributed by atoms with Gasteiger partial charge in [0.25, 0.3) is 11.6 Å². The maximum absolute atomic E-state index is 16.3. The van der Waals surface area contributed by atoms with E-state index in [-0.39, 0.29) is 31.2 Å². The van der Waals surface area contributed by atoms with Gasteiger partial charge in [-0.1, -0.05) is 54.5 Å². The van der Waals surface area contributed by atoms with Gasteiger partial charge >= 0.3 is 0 Å². The van der Waals surface area contributed by atoms with Crippen LogP contribution in [0.25, 0.3) is 0 Å². The van der Waals surface area contributed by atoms with E-state index in [0.29, 0.717) is 24.2 Å². The first-order chi connectivity index (χ1) is 22.2. The van der Waals surface area contributed by atoms with Crippen molar-refractivity contribution in [3.63, 3.8) is 0 Å². The Morgan fingerprint density at radius 3 is 2.51 bits per heavy atom. The molecule has 5 atom stereocenters. The van der Waals surface area contributed by atoms with Crippen LogP contribution in [0.5, 0.6) is 0 Å². The summed E-state index contributed by atoms with van der Waals surface area (Å²) in [5, 5.41) is 22.1. The van der Waals surface area contributed by atoms with Gasteiger partial charge in [-0.05, 0) is 70.3 Å². The Bertz CT molecular complexity index is 1620. The molecule has 1 spiro atoms. The molecular formula is C36H46FN3O6Si. The average molecular weight is 664 g/mol. The predicted molar refractivity (Wildman–Crippen MR) is 182 cm³/mol. The number of nitro groups is 1. The molecule has 3 aliphatic rings. The number of carbonyl (C=O) groups excluding carboxylic acids is 2. The minimum absolute atomic E-state index is 0.170. The fourth-order valence-corrected chi connectivity index (χ4v) is 10.3. The first-order valence-electron chi connectivity index (χ1n) is 16.4. The number of fused-ring (bicyclic) bond motifs is 3. The summed E-state index contributed by atoms with van der Waals surface area (Å²) in [6.45, 7) is 11.3. The fourth-order valence-electron chi connectivity index (χ4n) is 7.80. The van der Waals surface area contributed by atoms with Crippen LogP contribution in [-0.2, 0) is 32.9 Å². The number of aliphatic hydroxyl groups is 1. The van der Waals surface area contributed by atoms with Crippen molar-refractivity contribution >= 4 is 31.6 Å². The zero-order valence-corrected chi connectivity index (χ0v) is 29.2. The number of carbonyl (C=O) groups is 2. The number of amides is 2. The lowest BCUT2D eigenvalue weighted by atomic mass is 9.82. The van der Waals surface area contributed by atoms with Gasteiger partial charge in [-0.15, -0.1) is 0 Å². The number of nitrogens with zero attached hydrogens (tertiary/aromatic N) is 3. The molecule has 1 N–H and O–H groups in total. The molecule has 2 aromatic rings. The standard InChI is InChI=1S/C36H46FN3O6Si/c1-23(2)10-9-11-24(3)16-17-38-31-15-14-28(40(44)45)19-30(31)36(35(38)43)25(4)34(47(5,6)37)32(46-36)20-33(42)39-21-27-13-8-7-12-26(27)18-29(39)22-41/h7-8,10,12-16,19,25,29,32,34,41H,9,11,17-18,20-22H2,1-6H3/b24-16+/t25-,29+,32+,34-,36+/m1/s1. The second kappa shape index (κ2) is 13.4. The van der Waals surface area contributed by atoms with Crippen LogP contribution in [0.1, 0.15) is 63.6 Å². The number of allylic oxidation sites excluding steroid dienone is 3. The molecule has 3 aliphatic heterocycles. The highest BCUT2D eigenvalue weighted by atomic mass is 28.4. The molecule has 2 amide bonds. The number of ether oxygens (including phenoxy) is 1. The van der Waals surface area contributed by atoms with Crippen LogP contribution in [0.3, 0.4) is 0 Å². The van der Waals surface area contributed by atoms with Gasteiger partial charge in [0.1, 0.15) is 0 Å². The molecule has 11 heteroatoms. The van der Waals surface area contributed by atoms with Crippen molar-refractivity contribution in [3.05, 3.63) is 92.6 Å². The minimum atomic E-state index is -3.58. The topological polar surface area (TPSA) is 113 Å². The van der Waals surface area contributed by atoms with Crippen molar-refractivity contribution in [2.75, 3.05) is 18.1 Å².